The average Bonchev–Trinajstić information content (AvgIpc) is 2.54. The number of nitrogens with zero attached hydrogens (tertiary/aromatic N) is 2. The van der Waals surface area contributed by atoms with E-state index < -0.39 is 16.0 Å². The summed E-state index contributed by atoms with van der Waals surface area (Å²) in [6.45, 7) is 0. The van der Waals surface area contributed by atoms with Crippen LogP contribution < -0.4 is 4.74 Å². The van der Waals surface area contributed by atoms with Crippen molar-refractivity contribution >= 4 is 27.7 Å². The summed E-state index contributed by atoms with van der Waals surface area (Å²) < 4.78 is 6.48. The maximum Gasteiger partial charge on any atom is 0.291 e. The minimum Gasteiger partial charge on any atom is -0.473 e. The highest BCUT2D eigenvalue weighted by Crippen LogP contribution is 2.41. The molecule has 7 nitrogen and oxygen atoms in total. The number of nitro benzene ring substituents is 1. The number of halogens is 1. The van der Waals surface area contributed by atoms with Gasteiger partial charge in [-0.25, -0.2) is 0 Å². The molecule has 23 heavy (non-hydrogen) atoms. The standard InChI is InChI=1S/C15H9BrN2O5/c16-12-3-1-2-10-8-13(18(21)22)15(23-14(10)12)9-4-6-11(7-5-9)17(19)20/h1-8,15H. The van der Waals surface area contributed by atoms with Crippen LogP contribution in [0.4, 0.5) is 5.69 Å². The first-order valence-corrected chi connectivity index (χ1v) is 7.32. The molecule has 0 spiro atoms. The van der Waals surface area contributed by atoms with Gasteiger partial charge in [0, 0.05) is 29.3 Å². The third-order valence-corrected chi connectivity index (χ3v) is 4.05. The number of fused-ring (bicyclic) bond motifs is 1. The Morgan fingerprint density at radius 1 is 1.00 bits per heavy atom. The summed E-state index contributed by atoms with van der Waals surface area (Å²) in [6, 6.07) is 10.8. The van der Waals surface area contributed by atoms with Gasteiger partial charge in [0.2, 0.25) is 6.10 Å². The molecular weight excluding hydrogens is 368 g/mol. The molecule has 3 rings (SSSR count). The molecule has 0 saturated carbocycles. The maximum absolute atomic E-state index is 11.3. The molecule has 2 aromatic carbocycles. The minimum absolute atomic E-state index is 0.0854. The van der Waals surface area contributed by atoms with E-state index in [2.05, 4.69) is 15.9 Å². The van der Waals surface area contributed by atoms with Crippen LogP contribution in [0.2, 0.25) is 0 Å². The number of rotatable bonds is 3. The first-order valence-electron chi connectivity index (χ1n) is 6.53. The lowest BCUT2D eigenvalue weighted by Crippen LogP contribution is -2.20. The fraction of sp³-hybridized carbons (Fsp3) is 0.0667. The van der Waals surface area contributed by atoms with Crippen molar-refractivity contribution in [3.8, 4) is 5.75 Å². The van der Waals surface area contributed by atoms with Crippen LogP contribution in [0.3, 0.4) is 0 Å². The van der Waals surface area contributed by atoms with Gasteiger partial charge in [-0.3, -0.25) is 20.2 Å². The van der Waals surface area contributed by atoms with Crippen molar-refractivity contribution in [3.63, 3.8) is 0 Å². The van der Waals surface area contributed by atoms with Gasteiger partial charge in [0.25, 0.3) is 11.4 Å². The van der Waals surface area contributed by atoms with Gasteiger partial charge in [-0.2, -0.15) is 0 Å². The molecule has 0 amide bonds. The van der Waals surface area contributed by atoms with Crippen LogP contribution in [-0.4, -0.2) is 9.85 Å². The van der Waals surface area contributed by atoms with Crippen LogP contribution >= 0.6 is 15.9 Å². The zero-order valence-electron chi connectivity index (χ0n) is 11.5. The van der Waals surface area contributed by atoms with E-state index in [0.29, 0.717) is 21.3 Å². The predicted octanol–water partition coefficient (Wildman–Crippen LogP) is 4.11. The predicted molar refractivity (Wildman–Crippen MR) is 85.6 cm³/mol. The van der Waals surface area contributed by atoms with Crippen LogP contribution in [0.25, 0.3) is 6.08 Å². The maximum atomic E-state index is 11.3. The Morgan fingerprint density at radius 2 is 1.70 bits per heavy atom. The summed E-state index contributed by atoms with van der Waals surface area (Å²) in [5.74, 6) is 0.501. The zero-order valence-corrected chi connectivity index (χ0v) is 13.1. The van der Waals surface area contributed by atoms with E-state index in [0.717, 1.165) is 0 Å². The number of ether oxygens (including phenoxy) is 1. The molecule has 0 radical (unpaired) electrons. The summed E-state index contributed by atoms with van der Waals surface area (Å²) in [5, 5.41) is 22.1. The highest BCUT2D eigenvalue weighted by Gasteiger charge is 2.34. The number of non-ortho nitro benzene ring substituents is 1. The quantitative estimate of drug-likeness (QED) is 0.593. The van der Waals surface area contributed by atoms with Gasteiger partial charge in [-0.1, -0.05) is 12.1 Å². The highest BCUT2D eigenvalue weighted by molar-refractivity contribution is 9.10. The second kappa shape index (κ2) is 5.81. The third-order valence-electron chi connectivity index (χ3n) is 3.42. The summed E-state index contributed by atoms with van der Waals surface area (Å²) in [5.41, 5.74) is 0.867. The third kappa shape index (κ3) is 2.80. The Labute approximate surface area is 138 Å². The van der Waals surface area contributed by atoms with Gasteiger partial charge in [0.1, 0.15) is 5.75 Å². The van der Waals surface area contributed by atoms with E-state index in [1.165, 1.54) is 30.3 Å². The van der Waals surface area contributed by atoms with Crippen molar-refractivity contribution in [2.45, 2.75) is 6.10 Å². The number of para-hydroxylation sites is 1. The Bertz CT molecular complexity index is 832. The molecule has 1 atom stereocenters. The molecule has 0 aromatic heterocycles. The molecule has 1 aliphatic heterocycles. The van der Waals surface area contributed by atoms with Crippen molar-refractivity contribution in [1.29, 1.82) is 0 Å². The zero-order chi connectivity index (χ0) is 16.6. The van der Waals surface area contributed by atoms with E-state index in [9.17, 15) is 20.2 Å². The molecule has 0 bridgehead atoms. The molecule has 0 aliphatic carbocycles. The van der Waals surface area contributed by atoms with E-state index in [-0.39, 0.29) is 11.4 Å². The minimum atomic E-state index is -0.933. The largest absolute Gasteiger partial charge is 0.473 e. The van der Waals surface area contributed by atoms with Gasteiger partial charge in [-0.05, 0) is 34.1 Å². The van der Waals surface area contributed by atoms with Gasteiger partial charge >= 0.3 is 0 Å². The highest BCUT2D eigenvalue weighted by atomic mass is 79.9. The van der Waals surface area contributed by atoms with E-state index in [4.69, 9.17) is 4.74 Å². The van der Waals surface area contributed by atoms with Crippen molar-refractivity contribution in [1.82, 2.24) is 0 Å². The number of hydrogen-bond donors (Lipinski definition) is 0. The SMILES string of the molecule is O=[N+]([O-])C1=Cc2cccc(Br)c2OC1c1ccc([N+](=O)[O-])cc1. The summed E-state index contributed by atoms with van der Waals surface area (Å²) in [6.07, 6.45) is 0.521. The first kappa shape index (κ1) is 15.2. The van der Waals surface area contributed by atoms with Crippen molar-refractivity contribution < 1.29 is 14.6 Å². The van der Waals surface area contributed by atoms with Crippen LogP contribution in [0.1, 0.15) is 17.2 Å². The van der Waals surface area contributed by atoms with Gasteiger partial charge in [-0.15, -0.1) is 0 Å². The van der Waals surface area contributed by atoms with Crippen molar-refractivity contribution in [2.75, 3.05) is 0 Å². The van der Waals surface area contributed by atoms with Gasteiger partial charge < -0.3 is 4.74 Å². The molecule has 0 fully saturated rings. The molecule has 0 N–H and O–H groups in total. The van der Waals surface area contributed by atoms with E-state index in [1.54, 1.807) is 18.2 Å². The van der Waals surface area contributed by atoms with Gasteiger partial charge in [0.05, 0.1) is 14.3 Å². The Morgan fingerprint density at radius 3 is 2.30 bits per heavy atom. The fourth-order valence-electron chi connectivity index (χ4n) is 2.33. The van der Waals surface area contributed by atoms with E-state index >= 15 is 0 Å². The molecule has 2 aromatic rings. The van der Waals surface area contributed by atoms with Crippen LogP contribution in [0.5, 0.6) is 5.75 Å². The second-order valence-electron chi connectivity index (χ2n) is 4.83. The molecule has 1 unspecified atom stereocenters. The van der Waals surface area contributed by atoms with Crippen LogP contribution in [0, 0.1) is 20.2 Å². The molecule has 0 saturated heterocycles. The fourth-order valence-corrected chi connectivity index (χ4v) is 2.81. The van der Waals surface area contributed by atoms with Crippen molar-refractivity contribution in [3.05, 3.63) is 84.0 Å². The molecule has 116 valence electrons. The van der Waals surface area contributed by atoms with Gasteiger partial charge in [0.15, 0.2) is 0 Å². The monoisotopic (exact) mass is 376 g/mol. The number of hydrogen-bond acceptors (Lipinski definition) is 5. The second-order valence-corrected chi connectivity index (χ2v) is 5.69. The summed E-state index contributed by atoms with van der Waals surface area (Å²) in [4.78, 5) is 21.0. The Hall–Kier alpha value is -2.74. The smallest absolute Gasteiger partial charge is 0.291 e. The number of benzene rings is 2. The molecule has 8 heteroatoms. The summed E-state index contributed by atoms with van der Waals surface area (Å²) >= 11 is 3.36. The van der Waals surface area contributed by atoms with E-state index in [1.807, 2.05) is 0 Å². The normalized spacial score (nSPS) is 16.0. The topological polar surface area (TPSA) is 95.5 Å². The average molecular weight is 377 g/mol. The molecule has 1 heterocycles. The van der Waals surface area contributed by atoms with Crippen LogP contribution in [-0.2, 0) is 0 Å². The lowest BCUT2D eigenvalue weighted by Gasteiger charge is -2.23. The summed E-state index contributed by atoms with van der Waals surface area (Å²) in [7, 11) is 0. The lowest BCUT2D eigenvalue weighted by atomic mass is 10.0. The molecule has 1 aliphatic rings. The first-order chi connectivity index (χ1) is 11.0. The lowest BCUT2D eigenvalue weighted by molar-refractivity contribution is -0.434. The Balaban J connectivity index is 2.06. The number of nitro groups is 2. The van der Waals surface area contributed by atoms with Crippen LogP contribution in [0.15, 0.2) is 52.6 Å². The van der Waals surface area contributed by atoms with Crippen molar-refractivity contribution in [2.24, 2.45) is 0 Å². The molecular formula is C15H9BrN2O5. The Kier molecular flexibility index (Phi) is 3.83.